The quantitative estimate of drug-likeness (QED) is 0.636. The number of sulfone groups is 1. The molecule has 8 heteroatoms. The van der Waals surface area contributed by atoms with Gasteiger partial charge in [-0.1, -0.05) is 25.5 Å². The van der Waals surface area contributed by atoms with Crippen LogP contribution >= 0.6 is 0 Å². The van der Waals surface area contributed by atoms with Crippen LogP contribution in [0.25, 0.3) is 0 Å². The van der Waals surface area contributed by atoms with Crippen molar-refractivity contribution in [1.82, 2.24) is 15.0 Å². The average molecular weight is 317 g/mol. The first-order chi connectivity index (χ1) is 9.95. The van der Waals surface area contributed by atoms with E-state index in [2.05, 4.69) is 10.3 Å². The Labute approximate surface area is 125 Å². The summed E-state index contributed by atoms with van der Waals surface area (Å²) in [7, 11) is -3.09. The minimum absolute atomic E-state index is 0.00315. The Hall–Kier alpha value is -1.44. The van der Waals surface area contributed by atoms with Gasteiger partial charge in [0.2, 0.25) is 0 Å². The fraction of sp³-hybridized carbons (Fsp3) is 0.769. The lowest BCUT2D eigenvalue weighted by Gasteiger charge is -2.07. The molecule has 0 aliphatic carbocycles. The second-order valence-corrected chi connectivity index (χ2v) is 7.03. The van der Waals surface area contributed by atoms with Gasteiger partial charge in [-0.2, -0.15) is 0 Å². The van der Waals surface area contributed by atoms with Gasteiger partial charge >= 0.3 is 5.97 Å². The van der Waals surface area contributed by atoms with Crippen molar-refractivity contribution in [3.63, 3.8) is 0 Å². The molecule has 0 aromatic carbocycles. The molecule has 0 fully saturated rings. The molecule has 7 nitrogen and oxygen atoms in total. The third-order valence-corrected chi connectivity index (χ3v) is 4.76. The monoisotopic (exact) mass is 317 g/mol. The highest BCUT2D eigenvalue weighted by molar-refractivity contribution is 7.91. The molecule has 0 amide bonds. The van der Waals surface area contributed by atoms with E-state index in [0.717, 1.165) is 6.42 Å². The normalized spacial score (nSPS) is 11.6. The van der Waals surface area contributed by atoms with E-state index in [1.54, 1.807) is 6.92 Å². The summed E-state index contributed by atoms with van der Waals surface area (Å²) >= 11 is 0. The molecule has 1 heterocycles. The summed E-state index contributed by atoms with van der Waals surface area (Å²) in [5.74, 6) is -0.345. The lowest BCUT2D eigenvalue weighted by atomic mass is 10.2. The molecule has 1 aromatic heterocycles. The van der Waals surface area contributed by atoms with Crippen molar-refractivity contribution in [3.8, 4) is 0 Å². The van der Waals surface area contributed by atoms with Crippen LogP contribution in [0.15, 0.2) is 0 Å². The van der Waals surface area contributed by atoms with Crippen molar-refractivity contribution in [2.24, 2.45) is 0 Å². The van der Waals surface area contributed by atoms with Crippen molar-refractivity contribution >= 4 is 15.8 Å². The van der Waals surface area contributed by atoms with Gasteiger partial charge < -0.3 is 4.74 Å². The maximum Gasteiger partial charge on any atom is 0.360 e. The largest absolute Gasteiger partial charge is 0.461 e. The topological polar surface area (TPSA) is 91.2 Å². The maximum atomic E-state index is 11.8. The highest BCUT2D eigenvalue weighted by atomic mass is 32.2. The van der Waals surface area contributed by atoms with Gasteiger partial charge in [-0.15, -0.1) is 5.10 Å². The number of aryl methyl sites for hydroxylation is 1. The van der Waals surface area contributed by atoms with Gasteiger partial charge in [0.25, 0.3) is 0 Å². The summed E-state index contributed by atoms with van der Waals surface area (Å²) in [5.41, 5.74) is 0.828. The summed E-state index contributed by atoms with van der Waals surface area (Å²) in [6.07, 6.45) is 2.01. The van der Waals surface area contributed by atoms with E-state index < -0.39 is 15.8 Å². The molecule has 0 radical (unpaired) electrons. The predicted molar refractivity (Wildman–Crippen MR) is 78.9 cm³/mol. The lowest BCUT2D eigenvalue weighted by Crippen LogP contribution is -2.18. The van der Waals surface area contributed by atoms with E-state index in [9.17, 15) is 13.2 Å². The van der Waals surface area contributed by atoms with E-state index in [0.29, 0.717) is 18.5 Å². The first-order valence-electron chi connectivity index (χ1n) is 7.25. The molecule has 0 saturated carbocycles. The van der Waals surface area contributed by atoms with Crippen LogP contribution in [0.5, 0.6) is 0 Å². The van der Waals surface area contributed by atoms with Gasteiger partial charge in [-0.3, -0.25) is 0 Å². The van der Waals surface area contributed by atoms with E-state index in [4.69, 9.17) is 4.74 Å². The predicted octanol–water partition coefficient (Wildman–Crippen LogP) is 1.23. The first-order valence-corrected chi connectivity index (χ1v) is 9.07. The standard InChI is InChI=1S/C13H23N3O4S/c1-4-7-11-12(13(17)20-6-3)14-15-16(11)8-10-21(18,19)9-5-2/h4-10H2,1-3H3. The number of hydrogen-bond acceptors (Lipinski definition) is 6. The molecule has 0 spiro atoms. The Balaban J connectivity index is 2.90. The van der Waals surface area contributed by atoms with Crippen LogP contribution in [0.2, 0.25) is 0 Å². The zero-order valence-corrected chi connectivity index (χ0v) is 13.6. The number of aromatic nitrogens is 3. The Morgan fingerprint density at radius 3 is 2.48 bits per heavy atom. The van der Waals surface area contributed by atoms with Crippen molar-refractivity contribution in [1.29, 1.82) is 0 Å². The summed E-state index contributed by atoms with van der Waals surface area (Å²) in [5, 5.41) is 7.75. The van der Waals surface area contributed by atoms with E-state index >= 15 is 0 Å². The van der Waals surface area contributed by atoms with Gasteiger partial charge in [0.05, 0.1) is 24.6 Å². The van der Waals surface area contributed by atoms with Crippen molar-refractivity contribution in [2.75, 3.05) is 18.1 Å². The lowest BCUT2D eigenvalue weighted by molar-refractivity contribution is 0.0518. The zero-order chi connectivity index (χ0) is 15.9. The van der Waals surface area contributed by atoms with Crippen LogP contribution in [0, 0.1) is 0 Å². The van der Waals surface area contributed by atoms with E-state index in [-0.39, 0.29) is 30.4 Å². The van der Waals surface area contributed by atoms with E-state index in [1.807, 2.05) is 13.8 Å². The number of nitrogens with zero attached hydrogens (tertiary/aromatic N) is 3. The molecule has 0 atom stereocenters. The SMILES string of the molecule is CCCc1c(C(=O)OCC)nnn1CCS(=O)(=O)CCC. The Morgan fingerprint density at radius 2 is 1.90 bits per heavy atom. The number of esters is 1. The number of rotatable bonds is 9. The van der Waals surface area contributed by atoms with Gasteiger partial charge in [0.15, 0.2) is 15.5 Å². The van der Waals surface area contributed by atoms with Gasteiger partial charge in [-0.05, 0) is 19.8 Å². The second kappa shape index (κ2) is 8.11. The molecule has 0 bridgehead atoms. The highest BCUT2D eigenvalue weighted by Crippen LogP contribution is 2.11. The molecule has 21 heavy (non-hydrogen) atoms. The Bertz CT molecular complexity index is 566. The number of hydrogen-bond donors (Lipinski definition) is 0. The highest BCUT2D eigenvalue weighted by Gasteiger charge is 2.21. The minimum atomic E-state index is -3.09. The van der Waals surface area contributed by atoms with Crippen LogP contribution in [-0.2, 0) is 27.5 Å². The zero-order valence-electron chi connectivity index (χ0n) is 12.8. The van der Waals surface area contributed by atoms with Crippen molar-refractivity contribution < 1.29 is 17.9 Å². The maximum absolute atomic E-state index is 11.8. The second-order valence-electron chi connectivity index (χ2n) is 4.73. The molecule has 0 aliphatic heterocycles. The average Bonchev–Trinajstić information content (AvgIpc) is 2.80. The van der Waals surface area contributed by atoms with Gasteiger partial charge in [-0.25, -0.2) is 17.9 Å². The van der Waals surface area contributed by atoms with Crippen LogP contribution in [0.4, 0.5) is 0 Å². The molecule has 120 valence electrons. The molecule has 0 saturated heterocycles. The van der Waals surface area contributed by atoms with Crippen LogP contribution in [0.3, 0.4) is 0 Å². The molecule has 0 aliphatic rings. The number of ether oxygens (including phenoxy) is 1. The van der Waals surface area contributed by atoms with Crippen LogP contribution in [0.1, 0.15) is 49.8 Å². The molecule has 0 unspecified atom stereocenters. The number of carbonyl (C=O) groups is 1. The molecular weight excluding hydrogens is 294 g/mol. The first kappa shape index (κ1) is 17.6. The third-order valence-electron chi connectivity index (χ3n) is 2.92. The third kappa shape index (κ3) is 5.11. The molecule has 1 aromatic rings. The summed E-state index contributed by atoms with van der Waals surface area (Å²) in [6, 6.07) is 0. The van der Waals surface area contributed by atoms with Gasteiger partial charge in [0.1, 0.15) is 0 Å². The summed E-state index contributed by atoms with van der Waals surface area (Å²) in [6.45, 7) is 6.00. The Kier molecular flexibility index (Phi) is 6.80. The summed E-state index contributed by atoms with van der Waals surface area (Å²) < 4.78 is 30.0. The van der Waals surface area contributed by atoms with Crippen molar-refractivity contribution in [3.05, 3.63) is 11.4 Å². The fourth-order valence-corrected chi connectivity index (χ4v) is 3.27. The smallest absolute Gasteiger partial charge is 0.360 e. The minimum Gasteiger partial charge on any atom is -0.461 e. The molecular formula is C13H23N3O4S. The molecule has 0 N–H and O–H groups in total. The molecule has 1 rings (SSSR count). The van der Waals surface area contributed by atoms with Crippen molar-refractivity contribution in [2.45, 2.75) is 46.6 Å². The van der Waals surface area contributed by atoms with Crippen LogP contribution in [-0.4, -0.2) is 47.5 Å². The fourth-order valence-electron chi connectivity index (χ4n) is 1.99. The van der Waals surface area contributed by atoms with Gasteiger partial charge in [0, 0.05) is 5.75 Å². The van der Waals surface area contributed by atoms with E-state index in [1.165, 1.54) is 4.68 Å². The van der Waals surface area contributed by atoms with Crippen LogP contribution < -0.4 is 0 Å². The summed E-state index contributed by atoms with van der Waals surface area (Å²) in [4.78, 5) is 11.8. The Morgan fingerprint density at radius 1 is 1.19 bits per heavy atom. The number of carbonyl (C=O) groups excluding carboxylic acids is 1.